The number of ether oxygens (including phenoxy) is 2. The van der Waals surface area contributed by atoms with Crippen LogP contribution in [0.25, 0.3) is 0 Å². The summed E-state index contributed by atoms with van der Waals surface area (Å²) < 4.78 is 9.96. The van der Waals surface area contributed by atoms with Gasteiger partial charge in [-0.15, -0.1) is 0 Å². The maximum absolute atomic E-state index is 12.7. The molecular formula is C14H26N2O4. The molecule has 0 aromatic carbocycles. The highest BCUT2D eigenvalue weighted by molar-refractivity contribution is 5.83. The highest BCUT2D eigenvalue weighted by Gasteiger charge is 2.41. The van der Waals surface area contributed by atoms with Gasteiger partial charge in [0.05, 0.1) is 25.0 Å². The lowest BCUT2D eigenvalue weighted by atomic mass is 9.78. The van der Waals surface area contributed by atoms with Crippen LogP contribution >= 0.6 is 0 Å². The molecule has 1 heterocycles. The zero-order valence-corrected chi connectivity index (χ0v) is 12.9. The SMILES string of the molecule is COCC1(C(=O)N(C)CC(C)C(=O)OC)CCNCC1. The molecule has 1 N–H and O–H groups in total. The van der Waals surface area contributed by atoms with Gasteiger partial charge in [0, 0.05) is 20.7 Å². The summed E-state index contributed by atoms with van der Waals surface area (Å²) in [4.78, 5) is 25.8. The van der Waals surface area contributed by atoms with E-state index in [1.165, 1.54) is 7.11 Å². The molecule has 1 unspecified atom stereocenters. The molecular weight excluding hydrogens is 260 g/mol. The van der Waals surface area contributed by atoms with Crippen LogP contribution in [0, 0.1) is 11.3 Å². The lowest BCUT2D eigenvalue weighted by molar-refractivity contribution is -0.150. The van der Waals surface area contributed by atoms with Gasteiger partial charge >= 0.3 is 5.97 Å². The van der Waals surface area contributed by atoms with Crippen molar-refractivity contribution in [1.29, 1.82) is 0 Å². The summed E-state index contributed by atoms with van der Waals surface area (Å²) in [5, 5.41) is 3.26. The second-order valence-corrected chi connectivity index (χ2v) is 5.57. The van der Waals surface area contributed by atoms with Gasteiger partial charge in [-0.25, -0.2) is 0 Å². The van der Waals surface area contributed by atoms with E-state index in [9.17, 15) is 9.59 Å². The summed E-state index contributed by atoms with van der Waals surface area (Å²) in [6.07, 6.45) is 1.52. The van der Waals surface area contributed by atoms with Crippen molar-refractivity contribution in [3.8, 4) is 0 Å². The van der Waals surface area contributed by atoms with E-state index in [0.29, 0.717) is 13.2 Å². The van der Waals surface area contributed by atoms with Gasteiger partial charge in [0.2, 0.25) is 5.91 Å². The molecule has 1 fully saturated rings. The van der Waals surface area contributed by atoms with E-state index in [1.54, 1.807) is 26.0 Å². The highest BCUT2D eigenvalue weighted by Crippen LogP contribution is 2.31. The van der Waals surface area contributed by atoms with Crippen molar-refractivity contribution >= 4 is 11.9 Å². The lowest BCUT2D eigenvalue weighted by Crippen LogP contribution is -2.51. The third-order valence-electron chi connectivity index (χ3n) is 3.93. The summed E-state index contributed by atoms with van der Waals surface area (Å²) in [6.45, 7) is 4.18. The predicted octanol–water partition coefficient (Wildman–Crippen LogP) is 0.270. The van der Waals surface area contributed by atoms with E-state index >= 15 is 0 Å². The molecule has 0 bridgehead atoms. The number of carbonyl (C=O) groups excluding carboxylic acids is 2. The van der Waals surface area contributed by atoms with Gasteiger partial charge in [-0.05, 0) is 25.9 Å². The topological polar surface area (TPSA) is 67.9 Å². The molecule has 20 heavy (non-hydrogen) atoms. The van der Waals surface area contributed by atoms with Crippen LogP contribution in [0.1, 0.15) is 19.8 Å². The third-order valence-corrected chi connectivity index (χ3v) is 3.93. The molecule has 1 saturated heterocycles. The minimum absolute atomic E-state index is 0.0524. The van der Waals surface area contributed by atoms with Crippen molar-refractivity contribution in [1.82, 2.24) is 10.2 Å². The molecule has 0 saturated carbocycles. The third kappa shape index (κ3) is 3.93. The van der Waals surface area contributed by atoms with Gasteiger partial charge in [-0.3, -0.25) is 9.59 Å². The van der Waals surface area contributed by atoms with Crippen LogP contribution in [0.4, 0.5) is 0 Å². The Labute approximate surface area is 120 Å². The number of nitrogens with one attached hydrogen (secondary N) is 1. The number of piperidine rings is 1. The van der Waals surface area contributed by atoms with Gasteiger partial charge in [-0.1, -0.05) is 6.92 Å². The van der Waals surface area contributed by atoms with Gasteiger partial charge in [0.1, 0.15) is 0 Å². The Balaban J connectivity index is 2.71. The van der Waals surface area contributed by atoms with Crippen LogP contribution in [0.15, 0.2) is 0 Å². The van der Waals surface area contributed by atoms with Crippen LogP contribution in [0.2, 0.25) is 0 Å². The van der Waals surface area contributed by atoms with E-state index in [1.807, 2.05) is 0 Å². The number of carbonyl (C=O) groups is 2. The maximum Gasteiger partial charge on any atom is 0.310 e. The first-order valence-electron chi connectivity index (χ1n) is 7.00. The fourth-order valence-corrected chi connectivity index (χ4v) is 2.78. The molecule has 0 aromatic heterocycles. The summed E-state index contributed by atoms with van der Waals surface area (Å²) in [7, 11) is 4.72. The molecule has 1 aliphatic heterocycles. The molecule has 116 valence electrons. The minimum Gasteiger partial charge on any atom is -0.469 e. The van der Waals surface area contributed by atoms with Crippen molar-refractivity contribution in [2.75, 3.05) is 47.5 Å². The van der Waals surface area contributed by atoms with Gasteiger partial charge in [-0.2, -0.15) is 0 Å². The first-order chi connectivity index (χ1) is 9.46. The Bertz CT molecular complexity index is 335. The summed E-state index contributed by atoms with van der Waals surface area (Å²) in [5.41, 5.74) is -0.468. The van der Waals surface area contributed by atoms with E-state index < -0.39 is 5.41 Å². The number of rotatable bonds is 6. The van der Waals surface area contributed by atoms with Crippen LogP contribution in [-0.4, -0.2) is 64.3 Å². The molecule has 1 aliphatic rings. The van der Waals surface area contributed by atoms with Crippen molar-refractivity contribution < 1.29 is 19.1 Å². The van der Waals surface area contributed by atoms with Crippen LogP contribution in [0.3, 0.4) is 0 Å². The lowest BCUT2D eigenvalue weighted by Gasteiger charge is -2.38. The Morgan fingerprint density at radius 2 is 1.90 bits per heavy atom. The predicted molar refractivity (Wildman–Crippen MR) is 75.2 cm³/mol. The summed E-state index contributed by atoms with van der Waals surface area (Å²) in [5.74, 6) is -0.567. The molecule has 1 atom stereocenters. The normalized spacial score (nSPS) is 19.2. The quantitative estimate of drug-likeness (QED) is 0.710. The Morgan fingerprint density at radius 1 is 1.30 bits per heavy atom. The second kappa shape index (κ2) is 7.59. The monoisotopic (exact) mass is 286 g/mol. The van der Waals surface area contributed by atoms with Gasteiger partial charge in [0.15, 0.2) is 0 Å². The van der Waals surface area contributed by atoms with E-state index in [2.05, 4.69) is 5.32 Å². The smallest absolute Gasteiger partial charge is 0.310 e. The minimum atomic E-state index is -0.468. The molecule has 1 rings (SSSR count). The maximum atomic E-state index is 12.7. The van der Waals surface area contributed by atoms with Crippen molar-refractivity contribution in [3.05, 3.63) is 0 Å². The fourth-order valence-electron chi connectivity index (χ4n) is 2.78. The van der Waals surface area contributed by atoms with Crippen molar-refractivity contribution in [2.24, 2.45) is 11.3 Å². The Hall–Kier alpha value is -1.14. The molecule has 0 spiro atoms. The van der Waals surface area contributed by atoms with Crippen LogP contribution in [0.5, 0.6) is 0 Å². The van der Waals surface area contributed by atoms with Gasteiger partial charge < -0.3 is 19.7 Å². The molecule has 6 nitrogen and oxygen atoms in total. The number of esters is 1. The number of hydrogen-bond donors (Lipinski definition) is 1. The molecule has 0 radical (unpaired) electrons. The standard InChI is InChI=1S/C14H26N2O4/c1-11(12(17)20-4)9-16(2)13(18)14(10-19-3)5-7-15-8-6-14/h11,15H,5-10H2,1-4H3. The van der Waals surface area contributed by atoms with Crippen molar-refractivity contribution in [3.63, 3.8) is 0 Å². The average molecular weight is 286 g/mol. The molecule has 0 aromatic rings. The second-order valence-electron chi connectivity index (χ2n) is 5.57. The Morgan fingerprint density at radius 3 is 2.40 bits per heavy atom. The molecule has 1 amide bonds. The molecule has 0 aliphatic carbocycles. The number of nitrogens with zero attached hydrogens (tertiary/aromatic N) is 1. The largest absolute Gasteiger partial charge is 0.469 e. The van der Waals surface area contributed by atoms with Gasteiger partial charge in [0.25, 0.3) is 0 Å². The highest BCUT2D eigenvalue weighted by atomic mass is 16.5. The number of methoxy groups -OCH3 is 2. The van der Waals surface area contributed by atoms with Crippen LogP contribution < -0.4 is 5.32 Å². The first kappa shape index (κ1) is 16.9. The van der Waals surface area contributed by atoms with Crippen molar-refractivity contribution in [2.45, 2.75) is 19.8 Å². The fraction of sp³-hybridized carbons (Fsp3) is 0.857. The summed E-state index contributed by atoms with van der Waals surface area (Å²) in [6, 6.07) is 0. The van der Waals surface area contributed by atoms with E-state index in [-0.39, 0.29) is 17.8 Å². The van der Waals surface area contributed by atoms with E-state index in [4.69, 9.17) is 9.47 Å². The molecule has 6 heteroatoms. The van der Waals surface area contributed by atoms with Crippen LogP contribution in [-0.2, 0) is 19.1 Å². The Kier molecular flexibility index (Phi) is 6.42. The number of amides is 1. The average Bonchev–Trinajstić information content (AvgIpc) is 2.46. The zero-order valence-electron chi connectivity index (χ0n) is 12.9. The first-order valence-corrected chi connectivity index (χ1v) is 7.00. The van der Waals surface area contributed by atoms with E-state index in [0.717, 1.165) is 25.9 Å². The summed E-state index contributed by atoms with van der Waals surface area (Å²) >= 11 is 0. The number of hydrogen-bond acceptors (Lipinski definition) is 5. The zero-order chi connectivity index (χ0) is 15.2.